The van der Waals surface area contributed by atoms with Gasteiger partial charge in [0.05, 0.1) is 11.0 Å². The Hall–Kier alpha value is -1.55. The molecule has 0 aliphatic carbocycles. The van der Waals surface area contributed by atoms with E-state index < -0.39 is 11.1 Å². The molecule has 0 unspecified atom stereocenters. The fourth-order valence-corrected chi connectivity index (χ4v) is 1.65. The molecule has 15 heavy (non-hydrogen) atoms. The molecule has 5 heteroatoms. The molecule has 1 aromatic heterocycles. The number of nitrogens with one attached hydrogen (secondary N) is 1. The van der Waals surface area contributed by atoms with E-state index in [-0.39, 0.29) is 0 Å². The van der Waals surface area contributed by atoms with Crippen molar-refractivity contribution in [2.45, 2.75) is 6.92 Å². The van der Waals surface area contributed by atoms with Crippen LogP contribution in [-0.2, 0) is 7.05 Å². The smallest absolute Gasteiger partial charge is 0.316 e. The Bertz CT molecular complexity index is 655. The van der Waals surface area contributed by atoms with Gasteiger partial charge in [-0.3, -0.25) is 9.59 Å². The highest BCUT2D eigenvalue weighted by molar-refractivity contribution is 6.32. The first-order valence-corrected chi connectivity index (χ1v) is 4.77. The van der Waals surface area contributed by atoms with Crippen LogP contribution in [0.5, 0.6) is 0 Å². The van der Waals surface area contributed by atoms with Gasteiger partial charge in [0.2, 0.25) is 0 Å². The molecule has 0 saturated heterocycles. The van der Waals surface area contributed by atoms with Gasteiger partial charge in [-0.2, -0.15) is 0 Å². The van der Waals surface area contributed by atoms with E-state index in [9.17, 15) is 9.59 Å². The van der Waals surface area contributed by atoms with Gasteiger partial charge in [-0.25, -0.2) is 0 Å². The Labute approximate surface area is 90.1 Å². The zero-order chi connectivity index (χ0) is 11.2. The quantitative estimate of drug-likeness (QED) is 0.684. The normalized spacial score (nSPS) is 10.9. The Morgan fingerprint density at radius 2 is 2.00 bits per heavy atom. The highest BCUT2D eigenvalue weighted by atomic mass is 35.5. The number of benzene rings is 1. The second kappa shape index (κ2) is 3.24. The van der Waals surface area contributed by atoms with Crippen molar-refractivity contribution in [1.82, 2.24) is 9.55 Å². The molecule has 1 heterocycles. The lowest BCUT2D eigenvalue weighted by Crippen LogP contribution is -2.34. The van der Waals surface area contributed by atoms with E-state index >= 15 is 0 Å². The van der Waals surface area contributed by atoms with Gasteiger partial charge in [-0.1, -0.05) is 11.6 Å². The number of H-pyrrole nitrogens is 1. The SMILES string of the molecule is Cc1cc2c(cc1Cl)[nH]c(=O)c(=O)n2C. The third kappa shape index (κ3) is 1.47. The maximum absolute atomic E-state index is 11.4. The van der Waals surface area contributed by atoms with Crippen LogP contribution in [0.15, 0.2) is 21.7 Å². The molecular formula is C10H9ClN2O2. The van der Waals surface area contributed by atoms with Crippen LogP contribution >= 0.6 is 11.6 Å². The first-order valence-electron chi connectivity index (χ1n) is 4.40. The van der Waals surface area contributed by atoms with Gasteiger partial charge >= 0.3 is 11.1 Å². The molecule has 0 radical (unpaired) electrons. The van der Waals surface area contributed by atoms with Crippen LogP contribution in [0.3, 0.4) is 0 Å². The molecule has 0 bridgehead atoms. The Kier molecular flexibility index (Phi) is 2.16. The van der Waals surface area contributed by atoms with Crippen molar-refractivity contribution in [1.29, 1.82) is 0 Å². The topological polar surface area (TPSA) is 54.9 Å². The lowest BCUT2D eigenvalue weighted by molar-refractivity contribution is 0.873. The minimum absolute atomic E-state index is 0.566. The molecule has 2 aromatic rings. The Balaban J connectivity index is 3.06. The van der Waals surface area contributed by atoms with Crippen molar-refractivity contribution in [2.75, 3.05) is 0 Å². The molecule has 2 rings (SSSR count). The lowest BCUT2D eigenvalue weighted by Gasteiger charge is -2.05. The molecular weight excluding hydrogens is 216 g/mol. The molecule has 0 amide bonds. The molecule has 0 saturated carbocycles. The fourth-order valence-electron chi connectivity index (χ4n) is 1.48. The summed E-state index contributed by atoms with van der Waals surface area (Å²) in [6.07, 6.45) is 0. The zero-order valence-corrected chi connectivity index (χ0v) is 9.05. The van der Waals surface area contributed by atoms with Gasteiger partial charge in [0, 0.05) is 12.1 Å². The van der Waals surface area contributed by atoms with E-state index in [2.05, 4.69) is 4.98 Å². The molecule has 78 valence electrons. The Morgan fingerprint density at radius 1 is 1.33 bits per heavy atom. The van der Waals surface area contributed by atoms with E-state index in [1.165, 1.54) is 4.57 Å². The molecule has 0 aliphatic rings. The number of halogens is 1. The van der Waals surface area contributed by atoms with Crippen molar-refractivity contribution in [3.8, 4) is 0 Å². The van der Waals surface area contributed by atoms with Crippen LogP contribution < -0.4 is 11.1 Å². The van der Waals surface area contributed by atoms with E-state index in [0.717, 1.165) is 5.56 Å². The summed E-state index contributed by atoms with van der Waals surface area (Å²) in [6, 6.07) is 3.42. The van der Waals surface area contributed by atoms with Crippen molar-refractivity contribution in [2.24, 2.45) is 7.05 Å². The van der Waals surface area contributed by atoms with Crippen LogP contribution in [-0.4, -0.2) is 9.55 Å². The van der Waals surface area contributed by atoms with Crippen molar-refractivity contribution in [3.05, 3.63) is 43.4 Å². The van der Waals surface area contributed by atoms with Crippen LogP contribution in [0, 0.1) is 6.92 Å². The second-order valence-corrected chi connectivity index (χ2v) is 3.84. The second-order valence-electron chi connectivity index (χ2n) is 3.44. The Morgan fingerprint density at radius 3 is 2.67 bits per heavy atom. The predicted molar refractivity (Wildman–Crippen MR) is 59.6 cm³/mol. The molecule has 0 spiro atoms. The third-order valence-corrected chi connectivity index (χ3v) is 2.79. The highest BCUT2D eigenvalue weighted by Gasteiger charge is 2.06. The van der Waals surface area contributed by atoms with Crippen LogP contribution in [0.4, 0.5) is 0 Å². The average molecular weight is 225 g/mol. The van der Waals surface area contributed by atoms with E-state index in [1.54, 1.807) is 19.2 Å². The summed E-state index contributed by atoms with van der Waals surface area (Å²) in [4.78, 5) is 25.1. The number of aryl methyl sites for hydroxylation is 2. The fraction of sp³-hybridized carbons (Fsp3) is 0.200. The monoisotopic (exact) mass is 224 g/mol. The third-order valence-electron chi connectivity index (χ3n) is 2.39. The first-order chi connectivity index (χ1) is 7.00. The van der Waals surface area contributed by atoms with Gasteiger partial charge in [0.1, 0.15) is 0 Å². The van der Waals surface area contributed by atoms with Gasteiger partial charge in [0.15, 0.2) is 0 Å². The number of aromatic amines is 1. The summed E-state index contributed by atoms with van der Waals surface area (Å²) < 4.78 is 1.32. The van der Waals surface area contributed by atoms with Crippen LogP contribution in [0.2, 0.25) is 5.02 Å². The predicted octanol–water partition coefficient (Wildman–Crippen LogP) is 1.19. The van der Waals surface area contributed by atoms with Gasteiger partial charge < -0.3 is 9.55 Å². The first kappa shape index (κ1) is 9.98. The summed E-state index contributed by atoms with van der Waals surface area (Å²) in [6.45, 7) is 1.84. The van der Waals surface area contributed by atoms with Crippen LogP contribution in [0.1, 0.15) is 5.56 Å². The molecule has 1 N–H and O–H groups in total. The summed E-state index contributed by atoms with van der Waals surface area (Å²) in [5.41, 5.74) is 0.902. The standard InChI is InChI=1S/C10H9ClN2O2/c1-5-3-8-7(4-6(5)11)12-9(14)10(15)13(8)2/h3-4H,1-2H3,(H,12,14). The van der Waals surface area contributed by atoms with E-state index in [1.807, 2.05) is 6.92 Å². The number of hydrogen-bond donors (Lipinski definition) is 1. The number of nitrogens with zero attached hydrogens (tertiary/aromatic N) is 1. The van der Waals surface area contributed by atoms with E-state index in [0.29, 0.717) is 16.1 Å². The summed E-state index contributed by atoms with van der Waals surface area (Å²) in [5.74, 6) is 0. The number of aromatic nitrogens is 2. The van der Waals surface area contributed by atoms with Gasteiger partial charge in [0.25, 0.3) is 0 Å². The summed E-state index contributed by atoms with van der Waals surface area (Å²) >= 11 is 5.92. The average Bonchev–Trinajstić information content (AvgIpc) is 2.19. The summed E-state index contributed by atoms with van der Waals surface area (Å²) in [7, 11) is 1.56. The number of fused-ring (bicyclic) bond motifs is 1. The van der Waals surface area contributed by atoms with Crippen LogP contribution in [0.25, 0.3) is 11.0 Å². The number of rotatable bonds is 0. The minimum Gasteiger partial charge on any atom is -0.316 e. The zero-order valence-electron chi connectivity index (χ0n) is 8.30. The molecule has 4 nitrogen and oxygen atoms in total. The van der Waals surface area contributed by atoms with Crippen molar-refractivity contribution < 1.29 is 0 Å². The lowest BCUT2D eigenvalue weighted by atomic mass is 10.2. The maximum atomic E-state index is 11.4. The van der Waals surface area contributed by atoms with E-state index in [4.69, 9.17) is 11.6 Å². The molecule has 0 atom stereocenters. The van der Waals surface area contributed by atoms with Gasteiger partial charge in [-0.15, -0.1) is 0 Å². The van der Waals surface area contributed by atoms with Crippen molar-refractivity contribution in [3.63, 3.8) is 0 Å². The maximum Gasteiger partial charge on any atom is 0.316 e. The number of hydrogen-bond acceptors (Lipinski definition) is 2. The molecule has 0 fully saturated rings. The van der Waals surface area contributed by atoms with Crippen molar-refractivity contribution >= 4 is 22.6 Å². The highest BCUT2D eigenvalue weighted by Crippen LogP contribution is 2.19. The largest absolute Gasteiger partial charge is 0.316 e. The molecule has 0 aliphatic heterocycles. The summed E-state index contributed by atoms with van der Waals surface area (Å²) in [5, 5.41) is 0.566. The molecule has 1 aromatic carbocycles. The van der Waals surface area contributed by atoms with Gasteiger partial charge in [-0.05, 0) is 24.6 Å². The minimum atomic E-state index is -0.634.